The minimum atomic E-state index is -4.37. The van der Waals surface area contributed by atoms with E-state index >= 15 is 0 Å². The Morgan fingerprint density at radius 1 is 1.33 bits per heavy atom. The summed E-state index contributed by atoms with van der Waals surface area (Å²) in [5.74, 6) is 0.274. The van der Waals surface area contributed by atoms with E-state index in [4.69, 9.17) is 0 Å². The minimum absolute atomic E-state index is 0.0162. The van der Waals surface area contributed by atoms with Crippen LogP contribution < -0.4 is 5.32 Å². The van der Waals surface area contributed by atoms with E-state index in [9.17, 15) is 13.2 Å². The zero-order chi connectivity index (χ0) is 10.9. The molecule has 0 amide bonds. The molecular weight excluding hydrogens is 207 g/mol. The number of nitrogens with zero attached hydrogens (tertiary/aromatic N) is 2. The maximum atomic E-state index is 12.6. The summed E-state index contributed by atoms with van der Waals surface area (Å²) in [4.78, 5) is 7.63. The normalized spacial score (nSPS) is 16.1. The van der Waals surface area contributed by atoms with Gasteiger partial charge in [-0.1, -0.05) is 0 Å². The van der Waals surface area contributed by atoms with Gasteiger partial charge in [-0.3, -0.25) is 9.98 Å². The third kappa shape index (κ3) is 1.93. The molecule has 15 heavy (non-hydrogen) atoms. The molecule has 0 radical (unpaired) electrons. The summed E-state index contributed by atoms with van der Waals surface area (Å²) in [6.07, 6.45) is -2.06. The van der Waals surface area contributed by atoms with Gasteiger partial charge in [-0.25, -0.2) is 0 Å². The first-order valence-corrected chi connectivity index (χ1v) is 4.39. The standard InChI is InChI=1S/C9H8F3N3/c10-9(11,12)7-1-2-13-5-6(7)8-14-3-4-15-8/h1-2,5H,3-4H2,(H,14,15). The number of halogens is 3. The van der Waals surface area contributed by atoms with Gasteiger partial charge in [0.1, 0.15) is 5.84 Å². The average Bonchev–Trinajstić information content (AvgIpc) is 2.69. The van der Waals surface area contributed by atoms with Gasteiger partial charge in [0.15, 0.2) is 0 Å². The molecule has 2 heterocycles. The first kappa shape index (κ1) is 9.95. The van der Waals surface area contributed by atoms with Gasteiger partial charge in [0, 0.05) is 24.5 Å². The highest BCUT2D eigenvalue weighted by atomic mass is 19.4. The van der Waals surface area contributed by atoms with Gasteiger partial charge in [0.05, 0.1) is 12.1 Å². The van der Waals surface area contributed by atoms with Crippen LogP contribution in [0.4, 0.5) is 13.2 Å². The van der Waals surface area contributed by atoms with Crippen LogP contribution in [0.2, 0.25) is 0 Å². The molecule has 0 fully saturated rings. The lowest BCUT2D eigenvalue weighted by Gasteiger charge is -2.11. The molecule has 1 aromatic rings. The molecule has 0 aliphatic carbocycles. The predicted molar refractivity (Wildman–Crippen MR) is 48.6 cm³/mol. The topological polar surface area (TPSA) is 37.3 Å². The summed E-state index contributed by atoms with van der Waals surface area (Å²) >= 11 is 0. The fourth-order valence-electron chi connectivity index (χ4n) is 1.41. The smallest absolute Gasteiger partial charge is 0.368 e. The summed E-state index contributed by atoms with van der Waals surface area (Å²) in [6.45, 7) is 1.07. The average molecular weight is 215 g/mol. The second kappa shape index (κ2) is 3.52. The van der Waals surface area contributed by atoms with Gasteiger partial charge >= 0.3 is 6.18 Å². The Morgan fingerprint density at radius 2 is 2.13 bits per heavy atom. The molecule has 0 spiro atoms. The first-order chi connectivity index (χ1) is 7.09. The van der Waals surface area contributed by atoms with Crippen molar-refractivity contribution in [2.24, 2.45) is 4.99 Å². The van der Waals surface area contributed by atoms with E-state index in [1.807, 2.05) is 0 Å². The lowest BCUT2D eigenvalue weighted by molar-refractivity contribution is -0.137. The van der Waals surface area contributed by atoms with Crippen LogP contribution >= 0.6 is 0 Å². The van der Waals surface area contributed by atoms with Gasteiger partial charge in [-0.15, -0.1) is 0 Å². The molecule has 1 aliphatic heterocycles. The number of hydrogen-bond donors (Lipinski definition) is 1. The maximum absolute atomic E-state index is 12.6. The first-order valence-electron chi connectivity index (χ1n) is 4.39. The van der Waals surface area contributed by atoms with Crippen molar-refractivity contribution in [3.8, 4) is 0 Å². The van der Waals surface area contributed by atoms with E-state index in [1.165, 1.54) is 6.20 Å². The highest BCUT2D eigenvalue weighted by Crippen LogP contribution is 2.31. The quantitative estimate of drug-likeness (QED) is 0.769. The molecule has 0 aromatic carbocycles. The zero-order valence-corrected chi connectivity index (χ0v) is 7.67. The number of amidine groups is 1. The van der Waals surface area contributed by atoms with Crippen molar-refractivity contribution in [3.63, 3.8) is 0 Å². The van der Waals surface area contributed by atoms with E-state index in [0.29, 0.717) is 13.1 Å². The molecule has 0 saturated heterocycles. The molecule has 0 atom stereocenters. The van der Waals surface area contributed by atoms with Crippen molar-refractivity contribution in [2.75, 3.05) is 13.1 Å². The van der Waals surface area contributed by atoms with Crippen molar-refractivity contribution in [3.05, 3.63) is 29.6 Å². The number of aromatic nitrogens is 1. The van der Waals surface area contributed by atoms with Crippen molar-refractivity contribution in [1.29, 1.82) is 0 Å². The lowest BCUT2D eigenvalue weighted by atomic mass is 10.1. The maximum Gasteiger partial charge on any atom is 0.417 e. The Hall–Kier alpha value is -1.59. The number of aliphatic imine (C=N–C) groups is 1. The zero-order valence-electron chi connectivity index (χ0n) is 7.67. The second-order valence-electron chi connectivity index (χ2n) is 3.08. The molecule has 0 unspecified atom stereocenters. The van der Waals surface area contributed by atoms with Crippen molar-refractivity contribution >= 4 is 5.84 Å². The lowest BCUT2D eigenvalue weighted by Crippen LogP contribution is -2.23. The van der Waals surface area contributed by atoms with E-state index in [0.717, 1.165) is 12.3 Å². The third-order valence-corrected chi connectivity index (χ3v) is 2.06. The molecule has 0 saturated carbocycles. The summed E-state index contributed by atoms with van der Waals surface area (Å²) in [7, 11) is 0. The number of hydrogen-bond acceptors (Lipinski definition) is 3. The third-order valence-electron chi connectivity index (χ3n) is 2.06. The van der Waals surface area contributed by atoms with Gasteiger partial charge in [-0.2, -0.15) is 13.2 Å². The van der Waals surface area contributed by atoms with Crippen LogP contribution in [0.1, 0.15) is 11.1 Å². The number of rotatable bonds is 1. The fourth-order valence-corrected chi connectivity index (χ4v) is 1.41. The van der Waals surface area contributed by atoms with Gasteiger partial charge in [0.2, 0.25) is 0 Å². The Bertz CT molecular complexity index is 398. The summed E-state index contributed by atoms with van der Waals surface area (Å²) in [5, 5.41) is 2.80. The van der Waals surface area contributed by atoms with Crippen LogP contribution in [0.3, 0.4) is 0 Å². The van der Waals surface area contributed by atoms with Crippen LogP contribution in [0.15, 0.2) is 23.5 Å². The van der Waals surface area contributed by atoms with Crippen LogP contribution in [0.5, 0.6) is 0 Å². The predicted octanol–water partition coefficient (Wildman–Crippen LogP) is 1.45. The van der Waals surface area contributed by atoms with Gasteiger partial charge < -0.3 is 5.32 Å². The SMILES string of the molecule is FC(F)(F)c1ccncc1C1=NCCN1. The highest BCUT2D eigenvalue weighted by molar-refractivity contribution is 6.00. The molecule has 2 rings (SSSR count). The molecular formula is C9H8F3N3. The molecule has 6 heteroatoms. The number of nitrogens with one attached hydrogen (secondary N) is 1. The molecule has 1 aromatic heterocycles. The molecule has 1 N–H and O–H groups in total. The Kier molecular flexibility index (Phi) is 2.34. The van der Waals surface area contributed by atoms with Gasteiger partial charge in [0.25, 0.3) is 0 Å². The fraction of sp³-hybridized carbons (Fsp3) is 0.333. The summed E-state index contributed by atoms with van der Waals surface area (Å²) in [5.41, 5.74) is -0.687. The molecule has 1 aliphatic rings. The largest absolute Gasteiger partial charge is 0.417 e. The summed E-state index contributed by atoms with van der Waals surface area (Å²) < 4.78 is 37.8. The highest BCUT2D eigenvalue weighted by Gasteiger charge is 2.34. The Labute approximate surface area is 84.0 Å². The van der Waals surface area contributed by atoms with E-state index in [1.54, 1.807) is 0 Å². The monoisotopic (exact) mass is 215 g/mol. The Morgan fingerprint density at radius 3 is 2.73 bits per heavy atom. The molecule has 0 bridgehead atoms. The van der Waals surface area contributed by atoms with Crippen molar-refractivity contribution < 1.29 is 13.2 Å². The van der Waals surface area contributed by atoms with Gasteiger partial charge in [-0.05, 0) is 6.07 Å². The van der Waals surface area contributed by atoms with Crippen LogP contribution in [0, 0.1) is 0 Å². The van der Waals surface area contributed by atoms with Crippen LogP contribution in [-0.4, -0.2) is 23.9 Å². The van der Waals surface area contributed by atoms with Crippen LogP contribution in [0.25, 0.3) is 0 Å². The van der Waals surface area contributed by atoms with E-state index in [2.05, 4.69) is 15.3 Å². The minimum Gasteiger partial charge on any atom is -0.368 e. The van der Waals surface area contributed by atoms with Crippen molar-refractivity contribution in [2.45, 2.75) is 6.18 Å². The molecule has 3 nitrogen and oxygen atoms in total. The van der Waals surface area contributed by atoms with Crippen molar-refractivity contribution in [1.82, 2.24) is 10.3 Å². The summed E-state index contributed by atoms with van der Waals surface area (Å²) in [6, 6.07) is 0.956. The number of pyridine rings is 1. The Balaban J connectivity index is 2.47. The second-order valence-corrected chi connectivity index (χ2v) is 3.08. The van der Waals surface area contributed by atoms with Crippen LogP contribution in [-0.2, 0) is 6.18 Å². The van der Waals surface area contributed by atoms with E-state index in [-0.39, 0.29) is 11.4 Å². The van der Waals surface area contributed by atoms with E-state index < -0.39 is 11.7 Å². The molecule has 80 valence electrons. The number of alkyl halides is 3.